The van der Waals surface area contributed by atoms with Crippen LogP contribution in [0.3, 0.4) is 0 Å². The van der Waals surface area contributed by atoms with Crippen molar-refractivity contribution in [1.82, 2.24) is 10.6 Å². The highest BCUT2D eigenvalue weighted by atomic mass is 16.5. The van der Waals surface area contributed by atoms with Crippen LogP contribution in [0, 0.1) is 0 Å². The van der Waals surface area contributed by atoms with Gasteiger partial charge in [-0.2, -0.15) is 0 Å². The first-order chi connectivity index (χ1) is 7.16. The fraction of sp³-hybridized carbons (Fsp3) is 1.00. The van der Waals surface area contributed by atoms with Gasteiger partial charge >= 0.3 is 0 Å². The zero-order chi connectivity index (χ0) is 11.1. The third-order valence-corrected chi connectivity index (χ3v) is 3.22. The number of rotatable bonds is 6. The van der Waals surface area contributed by atoms with E-state index in [1.165, 1.54) is 19.3 Å². The van der Waals surface area contributed by atoms with E-state index < -0.39 is 0 Å². The Kier molecular flexibility index (Phi) is 5.58. The average molecular weight is 214 g/mol. The Balaban J connectivity index is 2.08. The van der Waals surface area contributed by atoms with Crippen LogP contribution in [-0.4, -0.2) is 37.9 Å². The molecule has 0 aromatic carbocycles. The van der Waals surface area contributed by atoms with Gasteiger partial charge in [-0.15, -0.1) is 0 Å². The lowest BCUT2D eigenvalue weighted by molar-refractivity contribution is 0.0288. The fourth-order valence-corrected chi connectivity index (χ4v) is 1.90. The monoisotopic (exact) mass is 214 g/mol. The average Bonchev–Trinajstić information content (AvgIpc) is 2.25. The largest absolute Gasteiger partial charge is 0.380 e. The van der Waals surface area contributed by atoms with E-state index in [4.69, 9.17) is 4.74 Å². The normalized spacial score (nSPS) is 29.0. The Morgan fingerprint density at radius 2 is 2.20 bits per heavy atom. The smallest absolute Gasteiger partial charge is 0.0645 e. The molecule has 0 amide bonds. The molecule has 3 heteroatoms. The second kappa shape index (κ2) is 6.46. The first kappa shape index (κ1) is 12.9. The van der Waals surface area contributed by atoms with Crippen LogP contribution in [0.25, 0.3) is 0 Å². The molecule has 0 aliphatic carbocycles. The first-order valence-electron chi connectivity index (χ1n) is 6.22. The summed E-state index contributed by atoms with van der Waals surface area (Å²) in [6.45, 7) is 10.6. The molecule has 0 spiro atoms. The molecule has 0 aromatic heterocycles. The molecular weight excluding hydrogens is 188 g/mol. The van der Waals surface area contributed by atoms with Crippen molar-refractivity contribution in [3.05, 3.63) is 0 Å². The molecule has 1 aliphatic rings. The SMILES string of the molecule is CCC(C)NCCNC1(C)CCCOC1. The lowest BCUT2D eigenvalue weighted by atomic mass is 9.95. The molecule has 90 valence electrons. The molecule has 2 N–H and O–H groups in total. The van der Waals surface area contributed by atoms with E-state index in [0.29, 0.717) is 6.04 Å². The van der Waals surface area contributed by atoms with Crippen LogP contribution in [0.1, 0.15) is 40.0 Å². The minimum Gasteiger partial charge on any atom is -0.380 e. The summed E-state index contributed by atoms with van der Waals surface area (Å²) in [7, 11) is 0. The van der Waals surface area contributed by atoms with Crippen molar-refractivity contribution in [2.75, 3.05) is 26.3 Å². The van der Waals surface area contributed by atoms with Crippen LogP contribution >= 0.6 is 0 Å². The zero-order valence-electron chi connectivity index (χ0n) is 10.4. The predicted molar refractivity (Wildman–Crippen MR) is 64.2 cm³/mol. The minimum atomic E-state index is 0.204. The molecule has 2 unspecified atom stereocenters. The molecular formula is C12H26N2O. The predicted octanol–water partition coefficient (Wildman–Crippen LogP) is 1.53. The number of nitrogens with one attached hydrogen (secondary N) is 2. The standard InChI is InChI=1S/C12H26N2O/c1-4-11(2)13-7-8-14-12(3)6-5-9-15-10-12/h11,13-14H,4-10H2,1-3H3. The summed E-state index contributed by atoms with van der Waals surface area (Å²) in [5.74, 6) is 0. The third kappa shape index (κ3) is 4.96. The van der Waals surface area contributed by atoms with Gasteiger partial charge in [0.15, 0.2) is 0 Å². The molecule has 1 heterocycles. The highest BCUT2D eigenvalue weighted by Crippen LogP contribution is 2.17. The van der Waals surface area contributed by atoms with E-state index in [1.807, 2.05) is 0 Å². The maximum Gasteiger partial charge on any atom is 0.0645 e. The highest BCUT2D eigenvalue weighted by molar-refractivity contribution is 4.85. The van der Waals surface area contributed by atoms with Gasteiger partial charge in [0.05, 0.1) is 6.61 Å². The molecule has 0 radical (unpaired) electrons. The van der Waals surface area contributed by atoms with E-state index in [9.17, 15) is 0 Å². The first-order valence-corrected chi connectivity index (χ1v) is 6.22. The van der Waals surface area contributed by atoms with E-state index in [-0.39, 0.29) is 5.54 Å². The summed E-state index contributed by atoms with van der Waals surface area (Å²) < 4.78 is 5.50. The van der Waals surface area contributed by atoms with Gasteiger partial charge in [-0.1, -0.05) is 6.92 Å². The van der Waals surface area contributed by atoms with Crippen LogP contribution in [0.5, 0.6) is 0 Å². The Hall–Kier alpha value is -0.120. The summed E-state index contributed by atoms with van der Waals surface area (Å²) in [5.41, 5.74) is 0.204. The summed E-state index contributed by atoms with van der Waals surface area (Å²) >= 11 is 0. The van der Waals surface area contributed by atoms with E-state index in [2.05, 4.69) is 31.4 Å². The lowest BCUT2D eigenvalue weighted by Crippen LogP contribution is -2.51. The zero-order valence-corrected chi connectivity index (χ0v) is 10.4. The number of hydrogen-bond acceptors (Lipinski definition) is 3. The third-order valence-electron chi connectivity index (χ3n) is 3.22. The summed E-state index contributed by atoms with van der Waals surface area (Å²) in [6.07, 6.45) is 3.61. The molecule has 15 heavy (non-hydrogen) atoms. The Morgan fingerprint density at radius 1 is 1.40 bits per heavy atom. The second-order valence-electron chi connectivity index (χ2n) is 4.91. The van der Waals surface area contributed by atoms with Crippen molar-refractivity contribution in [3.63, 3.8) is 0 Å². The molecule has 0 bridgehead atoms. The molecule has 0 saturated carbocycles. The quantitative estimate of drug-likeness (QED) is 0.658. The molecule has 1 rings (SSSR count). The molecule has 1 saturated heterocycles. The van der Waals surface area contributed by atoms with Crippen LogP contribution in [0.4, 0.5) is 0 Å². The maximum absolute atomic E-state index is 5.50. The van der Waals surface area contributed by atoms with Crippen molar-refractivity contribution in [1.29, 1.82) is 0 Å². The van der Waals surface area contributed by atoms with Gasteiger partial charge in [0, 0.05) is 31.3 Å². The molecule has 0 aromatic rings. The van der Waals surface area contributed by atoms with Crippen LogP contribution in [-0.2, 0) is 4.74 Å². The summed E-state index contributed by atoms with van der Waals surface area (Å²) in [6, 6.07) is 0.627. The van der Waals surface area contributed by atoms with Gasteiger partial charge in [-0.05, 0) is 33.1 Å². The van der Waals surface area contributed by atoms with Crippen molar-refractivity contribution in [2.24, 2.45) is 0 Å². The van der Waals surface area contributed by atoms with Crippen LogP contribution in [0.2, 0.25) is 0 Å². The minimum absolute atomic E-state index is 0.204. The van der Waals surface area contributed by atoms with E-state index in [0.717, 1.165) is 26.3 Å². The summed E-state index contributed by atoms with van der Waals surface area (Å²) in [5, 5.41) is 7.08. The topological polar surface area (TPSA) is 33.3 Å². The van der Waals surface area contributed by atoms with Gasteiger partial charge in [0.25, 0.3) is 0 Å². The second-order valence-corrected chi connectivity index (χ2v) is 4.91. The molecule has 1 fully saturated rings. The lowest BCUT2D eigenvalue weighted by Gasteiger charge is -2.34. The number of ether oxygens (including phenoxy) is 1. The van der Waals surface area contributed by atoms with Gasteiger partial charge in [-0.3, -0.25) is 0 Å². The number of hydrogen-bond donors (Lipinski definition) is 2. The fourth-order valence-electron chi connectivity index (χ4n) is 1.90. The Labute approximate surface area is 94.0 Å². The summed E-state index contributed by atoms with van der Waals surface area (Å²) in [4.78, 5) is 0. The van der Waals surface area contributed by atoms with Crippen molar-refractivity contribution in [3.8, 4) is 0 Å². The van der Waals surface area contributed by atoms with E-state index >= 15 is 0 Å². The molecule has 2 atom stereocenters. The molecule has 1 aliphatic heterocycles. The van der Waals surface area contributed by atoms with Crippen LogP contribution < -0.4 is 10.6 Å². The highest BCUT2D eigenvalue weighted by Gasteiger charge is 2.26. The van der Waals surface area contributed by atoms with Crippen molar-refractivity contribution < 1.29 is 4.74 Å². The Morgan fingerprint density at radius 3 is 2.80 bits per heavy atom. The van der Waals surface area contributed by atoms with Gasteiger partial charge < -0.3 is 15.4 Å². The van der Waals surface area contributed by atoms with Gasteiger partial charge in [0.1, 0.15) is 0 Å². The van der Waals surface area contributed by atoms with Crippen molar-refractivity contribution >= 4 is 0 Å². The van der Waals surface area contributed by atoms with Gasteiger partial charge in [0.2, 0.25) is 0 Å². The van der Waals surface area contributed by atoms with Crippen LogP contribution in [0.15, 0.2) is 0 Å². The van der Waals surface area contributed by atoms with Gasteiger partial charge in [-0.25, -0.2) is 0 Å². The van der Waals surface area contributed by atoms with E-state index in [1.54, 1.807) is 0 Å². The van der Waals surface area contributed by atoms with Crippen molar-refractivity contribution in [2.45, 2.75) is 51.6 Å². The Bertz CT molecular complexity index is 167. The maximum atomic E-state index is 5.50. The molecule has 3 nitrogen and oxygen atoms in total.